The van der Waals surface area contributed by atoms with Crippen LogP contribution in [0.1, 0.15) is 29.2 Å². The van der Waals surface area contributed by atoms with Crippen LogP contribution in [0, 0.1) is 6.92 Å². The highest BCUT2D eigenvalue weighted by Crippen LogP contribution is 2.25. The maximum atomic E-state index is 12.4. The highest BCUT2D eigenvalue weighted by molar-refractivity contribution is 6.42. The van der Waals surface area contributed by atoms with E-state index >= 15 is 0 Å². The molecule has 1 fully saturated rings. The Morgan fingerprint density at radius 3 is 2.84 bits per heavy atom. The first-order chi connectivity index (χ1) is 12.0. The third kappa shape index (κ3) is 4.81. The van der Waals surface area contributed by atoms with Gasteiger partial charge >= 0.3 is 0 Å². The van der Waals surface area contributed by atoms with Crippen LogP contribution in [0.3, 0.4) is 0 Å². The molecule has 8 heteroatoms. The van der Waals surface area contributed by atoms with Crippen molar-refractivity contribution in [3.63, 3.8) is 0 Å². The van der Waals surface area contributed by atoms with Gasteiger partial charge in [0.2, 0.25) is 0 Å². The molecule has 0 radical (unpaired) electrons. The molecule has 25 heavy (non-hydrogen) atoms. The molecule has 0 spiro atoms. The monoisotopic (exact) mass is 380 g/mol. The number of nitrogens with zero attached hydrogens (tertiary/aromatic N) is 2. The molecule has 2 N–H and O–H groups in total. The molecule has 1 atom stereocenters. The summed E-state index contributed by atoms with van der Waals surface area (Å²) in [4.78, 5) is 21.0. The number of nitrogens with one attached hydrogen (secondary N) is 2. The first kappa shape index (κ1) is 17.9. The zero-order chi connectivity index (χ0) is 17.8. The van der Waals surface area contributed by atoms with Crippen molar-refractivity contribution >= 4 is 40.6 Å². The van der Waals surface area contributed by atoms with Crippen LogP contribution in [-0.4, -0.2) is 35.1 Å². The summed E-state index contributed by atoms with van der Waals surface area (Å²) in [6.45, 7) is 3.20. The van der Waals surface area contributed by atoms with Crippen LogP contribution in [0.15, 0.2) is 24.3 Å². The number of ether oxygens (including phenoxy) is 1. The molecule has 2 aromatic rings. The van der Waals surface area contributed by atoms with Crippen molar-refractivity contribution < 1.29 is 9.53 Å². The minimum absolute atomic E-state index is 0.184. The van der Waals surface area contributed by atoms with Gasteiger partial charge in [-0.2, -0.15) is 0 Å². The van der Waals surface area contributed by atoms with Gasteiger partial charge < -0.3 is 15.4 Å². The Labute approximate surface area is 155 Å². The van der Waals surface area contributed by atoms with Gasteiger partial charge in [0.25, 0.3) is 5.91 Å². The predicted octanol–water partition coefficient (Wildman–Crippen LogP) is 3.94. The third-order valence-corrected chi connectivity index (χ3v) is 4.52. The Balaban J connectivity index is 1.69. The van der Waals surface area contributed by atoms with Crippen molar-refractivity contribution in [3.8, 4) is 0 Å². The molecule has 3 rings (SSSR count). The number of halogens is 2. The minimum atomic E-state index is -0.343. The molecule has 2 heterocycles. The van der Waals surface area contributed by atoms with Gasteiger partial charge in [0.1, 0.15) is 17.3 Å². The van der Waals surface area contributed by atoms with Crippen molar-refractivity contribution in [2.45, 2.75) is 25.9 Å². The molecule has 1 amide bonds. The van der Waals surface area contributed by atoms with Crippen molar-refractivity contribution in [3.05, 3.63) is 45.8 Å². The van der Waals surface area contributed by atoms with Gasteiger partial charge in [0.05, 0.1) is 16.1 Å². The summed E-state index contributed by atoms with van der Waals surface area (Å²) >= 11 is 11.8. The van der Waals surface area contributed by atoms with Gasteiger partial charge in [-0.3, -0.25) is 4.79 Å². The van der Waals surface area contributed by atoms with E-state index in [2.05, 4.69) is 20.6 Å². The molecule has 0 bridgehead atoms. The van der Waals surface area contributed by atoms with E-state index in [-0.39, 0.29) is 17.7 Å². The molecule has 1 aromatic heterocycles. The number of benzene rings is 1. The highest BCUT2D eigenvalue weighted by Gasteiger charge is 2.16. The Bertz CT molecular complexity index is 779. The van der Waals surface area contributed by atoms with Crippen LogP contribution >= 0.6 is 23.2 Å². The molecule has 0 saturated carbocycles. The normalized spacial score (nSPS) is 16.7. The van der Waals surface area contributed by atoms with Crippen molar-refractivity contribution in [1.82, 2.24) is 9.97 Å². The summed E-state index contributed by atoms with van der Waals surface area (Å²) < 4.78 is 5.57. The van der Waals surface area contributed by atoms with E-state index in [1.165, 1.54) is 0 Å². The van der Waals surface area contributed by atoms with Gasteiger partial charge in [-0.05, 0) is 38.0 Å². The molecule has 0 aliphatic carbocycles. The van der Waals surface area contributed by atoms with Crippen LogP contribution < -0.4 is 10.6 Å². The van der Waals surface area contributed by atoms with Crippen molar-refractivity contribution in [2.75, 3.05) is 23.8 Å². The largest absolute Gasteiger partial charge is 0.376 e. The second-order valence-electron chi connectivity index (χ2n) is 5.78. The Morgan fingerprint density at radius 2 is 2.12 bits per heavy atom. The number of carbonyl (C=O) groups is 1. The summed E-state index contributed by atoms with van der Waals surface area (Å²) in [7, 11) is 0. The maximum Gasteiger partial charge on any atom is 0.274 e. The van der Waals surface area contributed by atoms with Crippen LogP contribution in [0.4, 0.5) is 11.5 Å². The molecule has 6 nitrogen and oxygen atoms in total. The minimum Gasteiger partial charge on any atom is -0.376 e. The standard InChI is InChI=1S/C17H18Cl2N4O2/c1-10-21-15(8-16(22-10)20-9-12-3-2-6-25-12)17(24)23-11-4-5-13(18)14(19)7-11/h4-5,7-8,12H,2-3,6,9H2,1H3,(H,23,24)(H,20,21,22). The second-order valence-corrected chi connectivity index (χ2v) is 6.60. The SMILES string of the molecule is Cc1nc(NCC2CCCO2)cc(C(=O)Nc2ccc(Cl)c(Cl)c2)n1. The van der Waals surface area contributed by atoms with Gasteiger partial charge in [-0.25, -0.2) is 9.97 Å². The lowest BCUT2D eigenvalue weighted by molar-refractivity contribution is 0.102. The van der Waals surface area contributed by atoms with Crippen LogP contribution in [0.5, 0.6) is 0 Å². The fourth-order valence-corrected chi connectivity index (χ4v) is 2.87. The Kier molecular flexibility index (Phi) is 5.73. The average molecular weight is 381 g/mol. The molecule has 1 unspecified atom stereocenters. The van der Waals surface area contributed by atoms with Gasteiger partial charge in [0.15, 0.2) is 0 Å². The zero-order valence-corrected chi connectivity index (χ0v) is 15.2. The van der Waals surface area contributed by atoms with E-state index in [9.17, 15) is 4.79 Å². The summed E-state index contributed by atoms with van der Waals surface area (Å²) in [5.41, 5.74) is 0.818. The smallest absolute Gasteiger partial charge is 0.274 e. The lowest BCUT2D eigenvalue weighted by Crippen LogP contribution is -2.20. The number of amides is 1. The lowest BCUT2D eigenvalue weighted by Gasteiger charge is -2.12. The molecule has 1 saturated heterocycles. The molecule has 132 valence electrons. The number of anilines is 2. The topological polar surface area (TPSA) is 76.1 Å². The summed E-state index contributed by atoms with van der Waals surface area (Å²) in [6, 6.07) is 6.51. The molecule has 1 aliphatic heterocycles. The third-order valence-electron chi connectivity index (χ3n) is 3.78. The number of hydrogen-bond acceptors (Lipinski definition) is 5. The van der Waals surface area contributed by atoms with Crippen LogP contribution in [-0.2, 0) is 4.74 Å². The van der Waals surface area contributed by atoms with E-state index in [1.807, 2.05) is 0 Å². The highest BCUT2D eigenvalue weighted by atomic mass is 35.5. The van der Waals surface area contributed by atoms with E-state index < -0.39 is 0 Å². The number of aromatic nitrogens is 2. The van der Waals surface area contributed by atoms with Crippen molar-refractivity contribution in [2.24, 2.45) is 0 Å². The van der Waals surface area contributed by atoms with E-state index in [1.54, 1.807) is 31.2 Å². The van der Waals surface area contributed by atoms with Crippen molar-refractivity contribution in [1.29, 1.82) is 0 Å². The fourth-order valence-electron chi connectivity index (χ4n) is 2.57. The van der Waals surface area contributed by atoms with Crippen LogP contribution in [0.2, 0.25) is 10.0 Å². The fraction of sp³-hybridized carbons (Fsp3) is 0.353. The van der Waals surface area contributed by atoms with Crippen LogP contribution in [0.25, 0.3) is 0 Å². The van der Waals surface area contributed by atoms with Gasteiger partial charge in [0, 0.05) is 24.9 Å². The first-order valence-corrected chi connectivity index (χ1v) is 8.74. The number of rotatable bonds is 5. The Hall–Kier alpha value is -1.89. The molecule has 1 aliphatic rings. The maximum absolute atomic E-state index is 12.4. The lowest BCUT2D eigenvalue weighted by atomic mass is 10.2. The number of aryl methyl sites for hydroxylation is 1. The number of carbonyl (C=O) groups excluding carboxylic acids is 1. The van der Waals surface area contributed by atoms with Gasteiger partial charge in [-0.1, -0.05) is 23.2 Å². The van der Waals surface area contributed by atoms with E-state index in [4.69, 9.17) is 27.9 Å². The van der Waals surface area contributed by atoms with E-state index in [0.29, 0.717) is 33.9 Å². The second kappa shape index (κ2) is 7.99. The average Bonchev–Trinajstić information content (AvgIpc) is 3.09. The number of hydrogen-bond donors (Lipinski definition) is 2. The summed E-state index contributed by atoms with van der Waals surface area (Å²) in [6.07, 6.45) is 2.29. The quantitative estimate of drug-likeness (QED) is 0.821. The van der Waals surface area contributed by atoms with E-state index in [0.717, 1.165) is 19.4 Å². The summed E-state index contributed by atoms with van der Waals surface area (Å²) in [5, 5.41) is 6.76. The molecule has 1 aromatic carbocycles. The Morgan fingerprint density at radius 1 is 1.28 bits per heavy atom. The molecular weight excluding hydrogens is 363 g/mol. The van der Waals surface area contributed by atoms with Gasteiger partial charge in [-0.15, -0.1) is 0 Å². The summed E-state index contributed by atoms with van der Waals surface area (Å²) in [5.74, 6) is 0.767. The first-order valence-electron chi connectivity index (χ1n) is 7.99. The zero-order valence-electron chi connectivity index (χ0n) is 13.7. The molecular formula is C17H18Cl2N4O2. The predicted molar refractivity (Wildman–Crippen MR) is 98.6 cm³/mol.